The van der Waals surface area contributed by atoms with Crippen molar-refractivity contribution in [3.05, 3.63) is 47.8 Å². The molecule has 3 aromatic heterocycles. The van der Waals surface area contributed by atoms with Gasteiger partial charge in [0.2, 0.25) is 5.89 Å². The van der Waals surface area contributed by atoms with Crippen molar-refractivity contribution in [2.75, 3.05) is 11.9 Å². The van der Waals surface area contributed by atoms with Crippen LogP contribution in [0, 0.1) is 0 Å². The van der Waals surface area contributed by atoms with Crippen LogP contribution in [-0.2, 0) is 20.1 Å². The average molecular weight is 370 g/mol. The van der Waals surface area contributed by atoms with Crippen molar-refractivity contribution in [3.8, 4) is 0 Å². The number of rotatable bonds is 7. The molecule has 3 heterocycles. The van der Waals surface area contributed by atoms with Gasteiger partial charge in [-0.1, -0.05) is 19.0 Å². The number of nitrogens with one attached hydrogen (secondary N) is 1. The van der Waals surface area contributed by atoms with Crippen LogP contribution in [0.5, 0.6) is 0 Å². The lowest BCUT2D eigenvalue weighted by Crippen LogP contribution is -2.24. The number of amides is 1. The van der Waals surface area contributed by atoms with Crippen molar-refractivity contribution in [2.45, 2.75) is 32.9 Å². The third-order valence-electron chi connectivity index (χ3n) is 3.97. The van der Waals surface area contributed by atoms with Gasteiger partial charge >= 0.3 is 0 Å². The number of aromatic nitrogens is 6. The van der Waals surface area contributed by atoms with Crippen LogP contribution in [0.4, 0.5) is 5.82 Å². The predicted octanol–water partition coefficient (Wildman–Crippen LogP) is 1.28. The predicted molar refractivity (Wildman–Crippen MR) is 96.9 cm³/mol. The smallest absolute Gasteiger partial charge is 0.253 e. The first-order valence-electron chi connectivity index (χ1n) is 8.54. The molecular formula is C17H22N8O2. The minimum absolute atomic E-state index is 0.150. The first-order valence-corrected chi connectivity index (χ1v) is 8.54. The molecule has 3 rings (SSSR count). The number of nitrogens with zero attached hydrogens (tertiary/aromatic N) is 7. The molecule has 0 radical (unpaired) electrons. The van der Waals surface area contributed by atoms with Crippen molar-refractivity contribution in [1.82, 2.24) is 35.2 Å². The molecule has 0 bridgehead atoms. The van der Waals surface area contributed by atoms with Crippen LogP contribution in [0.2, 0.25) is 0 Å². The summed E-state index contributed by atoms with van der Waals surface area (Å²) in [6.07, 6.45) is 3.19. The normalized spacial score (nSPS) is 11.0. The summed E-state index contributed by atoms with van der Waals surface area (Å²) in [4.78, 5) is 22.8. The lowest BCUT2D eigenvalue weighted by atomic mass is 10.2. The number of carbonyl (C=O) groups excluding carboxylic acids is 1. The van der Waals surface area contributed by atoms with E-state index in [9.17, 15) is 4.79 Å². The summed E-state index contributed by atoms with van der Waals surface area (Å²) in [5, 5.41) is 14.5. The Morgan fingerprint density at radius 3 is 2.78 bits per heavy atom. The van der Waals surface area contributed by atoms with Crippen molar-refractivity contribution in [3.63, 3.8) is 0 Å². The van der Waals surface area contributed by atoms with Crippen LogP contribution < -0.4 is 10.2 Å². The Hall–Kier alpha value is -3.30. The van der Waals surface area contributed by atoms with Crippen LogP contribution in [0.15, 0.2) is 29.2 Å². The van der Waals surface area contributed by atoms with E-state index in [1.807, 2.05) is 37.4 Å². The van der Waals surface area contributed by atoms with Gasteiger partial charge in [-0.2, -0.15) is 4.98 Å². The monoisotopic (exact) mass is 370 g/mol. The molecule has 0 unspecified atom stereocenters. The number of hydrogen-bond donors (Lipinski definition) is 1. The van der Waals surface area contributed by atoms with Crippen molar-refractivity contribution >= 4 is 11.7 Å². The highest BCUT2D eigenvalue weighted by atomic mass is 16.5. The molecule has 10 heteroatoms. The van der Waals surface area contributed by atoms with E-state index < -0.39 is 0 Å². The first-order chi connectivity index (χ1) is 12.9. The molecule has 0 fully saturated rings. The Kier molecular flexibility index (Phi) is 5.43. The largest absolute Gasteiger partial charge is 0.352 e. The van der Waals surface area contributed by atoms with Crippen molar-refractivity contribution in [1.29, 1.82) is 0 Å². The van der Waals surface area contributed by atoms with E-state index in [1.54, 1.807) is 18.5 Å². The minimum atomic E-state index is -0.249. The first kappa shape index (κ1) is 18.5. The summed E-state index contributed by atoms with van der Waals surface area (Å²) < 4.78 is 6.96. The zero-order valence-corrected chi connectivity index (χ0v) is 15.7. The second-order valence-corrected chi connectivity index (χ2v) is 6.51. The molecule has 0 spiro atoms. The van der Waals surface area contributed by atoms with E-state index in [2.05, 4.69) is 30.6 Å². The summed E-state index contributed by atoms with van der Waals surface area (Å²) in [6.45, 7) is 4.68. The standard InChI is InChI=1S/C17H22N8O2/c1-11(2)17-21-13(23-27-17)8-19-16(26)12-5-6-14(18-7-12)24(3)9-15-22-20-10-25(15)4/h5-7,10-11H,8-9H2,1-4H3,(H,19,26). The highest BCUT2D eigenvalue weighted by Crippen LogP contribution is 2.13. The van der Waals surface area contributed by atoms with Gasteiger partial charge in [-0.15, -0.1) is 10.2 Å². The summed E-state index contributed by atoms with van der Waals surface area (Å²) in [5.41, 5.74) is 0.457. The maximum Gasteiger partial charge on any atom is 0.253 e. The van der Waals surface area contributed by atoms with Gasteiger partial charge in [-0.05, 0) is 12.1 Å². The summed E-state index contributed by atoms with van der Waals surface area (Å²) in [7, 11) is 3.79. The maximum absolute atomic E-state index is 12.3. The van der Waals surface area contributed by atoms with Gasteiger partial charge in [-0.25, -0.2) is 4.98 Å². The molecular weight excluding hydrogens is 348 g/mol. The molecule has 10 nitrogen and oxygen atoms in total. The summed E-state index contributed by atoms with van der Waals surface area (Å²) in [6, 6.07) is 3.51. The molecule has 1 N–H and O–H groups in total. The van der Waals surface area contributed by atoms with Gasteiger partial charge in [0.05, 0.1) is 18.7 Å². The van der Waals surface area contributed by atoms with E-state index in [4.69, 9.17) is 4.52 Å². The zero-order chi connectivity index (χ0) is 19.4. The average Bonchev–Trinajstić information content (AvgIpc) is 3.29. The Bertz CT molecular complexity index is 900. The van der Waals surface area contributed by atoms with E-state index in [0.29, 0.717) is 23.8 Å². The van der Waals surface area contributed by atoms with Crippen molar-refractivity contribution < 1.29 is 9.32 Å². The zero-order valence-electron chi connectivity index (χ0n) is 15.7. The fourth-order valence-corrected chi connectivity index (χ4v) is 2.32. The molecule has 27 heavy (non-hydrogen) atoms. The number of pyridine rings is 1. The van der Waals surface area contributed by atoms with Crippen LogP contribution in [0.3, 0.4) is 0 Å². The van der Waals surface area contributed by atoms with Gasteiger partial charge in [0.15, 0.2) is 11.6 Å². The summed E-state index contributed by atoms with van der Waals surface area (Å²) >= 11 is 0. The molecule has 0 saturated heterocycles. The molecule has 3 aromatic rings. The number of hydrogen-bond acceptors (Lipinski definition) is 8. The molecule has 142 valence electrons. The Morgan fingerprint density at radius 1 is 1.37 bits per heavy atom. The SMILES string of the molecule is CC(C)c1nc(CNC(=O)c2ccc(N(C)Cc3nncn3C)nc2)no1. The van der Waals surface area contributed by atoms with E-state index >= 15 is 0 Å². The van der Waals surface area contributed by atoms with Crippen LogP contribution >= 0.6 is 0 Å². The lowest BCUT2D eigenvalue weighted by Gasteiger charge is -2.17. The fraction of sp³-hybridized carbons (Fsp3) is 0.412. The van der Waals surface area contributed by atoms with E-state index in [1.165, 1.54) is 6.20 Å². The lowest BCUT2D eigenvalue weighted by molar-refractivity contribution is 0.0949. The topological polar surface area (TPSA) is 115 Å². The quantitative estimate of drug-likeness (QED) is 0.661. The highest BCUT2D eigenvalue weighted by molar-refractivity contribution is 5.93. The molecule has 0 aliphatic rings. The Labute approximate surface area is 156 Å². The van der Waals surface area contributed by atoms with Gasteiger partial charge in [0.25, 0.3) is 5.91 Å². The molecule has 0 aliphatic carbocycles. The fourth-order valence-electron chi connectivity index (χ4n) is 2.32. The van der Waals surface area contributed by atoms with E-state index in [0.717, 1.165) is 11.6 Å². The van der Waals surface area contributed by atoms with Crippen LogP contribution in [0.25, 0.3) is 0 Å². The third-order valence-corrected chi connectivity index (χ3v) is 3.97. The second-order valence-electron chi connectivity index (χ2n) is 6.51. The molecule has 0 atom stereocenters. The second kappa shape index (κ2) is 7.94. The van der Waals surface area contributed by atoms with Gasteiger partial charge in [-0.3, -0.25) is 4.79 Å². The minimum Gasteiger partial charge on any atom is -0.352 e. The molecule has 0 saturated carbocycles. The maximum atomic E-state index is 12.3. The van der Waals surface area contributed by atoms with Gasteiger partial charge in [0.1, 0.15) is 12.1 Å². The Balaban J connectivity index is 1.57. The highest BCUT2D eigenvalue weighted by Gasteiger charge is 2.13. The van der Waals surface area contributed by atoms with Crippen LogP contribution in [0.1, 0.15) is 47.7 Å². The van der Waals surface area contributed by atoms with Gasteiger partial charge in [0, 0.05) is 26.2 Å². The van der Waals surface area contributed by atoms with E-state index in [-0.39, 0.29) is 18.4 Å². The summed E-state index contributed by atoms with van der Waals surface area (Å²) in [5.74, 6) is 2.45. The number of aryl methyl sites for hydroxylation is 1. The molecule has 1 amide bonds. The Morgan fingerprint density at radius 2 is 2.19 bits per heavy atom. The molecule has 0 aromatic carbocycles. The van der Waals surface area contributed by atoms with Crippen molar-refractivity contribution in [2.24, 2.45) is 7.05 Å². The number of anilines is 1. The number of carbonyl (C=O) groups is 1. The molecule has 0 aliphatic heterocycles. The van der Waals surface area contributed by atoms with Crippen LogP contribution in [-0.4, -0.2) is 42.8 Å². The third kappa shape index (κ3) is 4.46. The van der Waals surface area contributed by atoms with Gasteiger partial charge < -0.3 is 19.3 Å².